The first-order valence-electron chi connectivity index (χ1n) is 14.3. The summed E-state index contributed by atoms with van der Waals surface area (Å²) in [6, 6.07) is 19.9. The minimum absolute atomic E-state index is 0.129. The predicted molar refractivity (Wildman–Crippen MR) is 168 cm³/mol. The van der Waals surface area contributed by atoms with Crippen LogP contribution in [0.25, 0.3) is 28.3 Å². The van der Waals surface area contributed by atoms with Crippen LogP contribution in [0.15, 0.2) is 78.4 Å². The van der Waals surface area contributed by atoms with Crippen molar-refractivity contribution in [2.24, 2.45) is 5.92 Å². The van der Waals surface area contributed by atoms with Gasteiger partial charge in [0.05, 0.1) is 0 Å². The van der Waals surface area contributed by atoms with Crippen molar-refractivity contribution in [2.45, 2.75) is 43.2 Å². The summed E-state index contributed by atoms with van der Waals surface area (Å²) in [5, 5.41) is 2.57. The standard InChI is InChI=1S/C22H19F6.C12H9Si.2ClH.Zr/c1-12(2)6-14-7-15-5-4-13(3)20(19(15)8-14)16-9-17(21(23,24)25)11-18(10-16)22(26,27)28;1-3-7-11-9(5-1)10-6-2-4-8-12(10)13-11;;;/h4-5,7-12H,6H2,1-3H3;1-7H,13H2;2*1H;/q;;;;+2/p-2. The van der Waals surface area contributed by atoms with Crippen LogP contribution in [0.2, 0.25) is 0 Å². The third-order valence-electron chi connectivity index (χ3n) is 8.59. The number of allylic oxidation sites excluding steroid dienone is 1. The zero-order valence-electron chi connectivity index (χ0n) is 24.1. The molecule has 1 atom stereocenters. The molecule has 4 aromatic rings. The first kappa shape index (κ1) is 31.8. The van der Waals surface area contributed by atoms with Gasteiger partial charge in [0.1, 0.15) is 0 Å². The van der Waals surface area contributed by atoms with Crippen LogP contribution in [0.3, 0.4) is 0 Å². The normalized spacial score (nSPS) is 16.7. The molecule has 0 saturated heterocycles. The maximum absolute atomic E-state index is 13.8. The van der Waals surface area contributed by atoms with E-state index in [-0.39, 0.29) is 21.2 Å². The molecule has 0 radical (unpaired) electrons. The van der Waals surface area contributed by atoms with Crippen LogP contribution in [0.5, 0.6) is 0 Å². The number of hydrogen-bond donors (Lipinski definition) is 0. The number of benzene rings is 4. The molecule has 0 N–H and O–H groups in total. The molecule has 2 aliphatic rings. The van der Waals surface area contributed by atoms with E-state index in [9.17, 15) is 26.3 Å². The molecule has 1 aliphatic carbocycles. The molecule has 0 nitrogen and oxygen atoms in total. The second-order valence-electron chi connectivity index (χ2n) is 12.1. The zero-order valence-corrected chi connectivity index (χ0v) is 29.5. The van der Waals surface area contributed by atoms with Gasteiger partial charge < -0.3 is 0 Å². The molecule has 228 valence electrons. The van der Waals surface area contributed by atoms with Crippen LogP contribution < -0.4 is 13.6 Å². The van der Waals surface area contributed by atoms with E-state index in [0.717, 1.165) is 32.1 Å². The molecular formula is C34H28Cl2F6SiZr. The molecule has 1 heterocycles. The Morgan fingerprint density at radius 3 is 2.09 bits per heavy atom. The molecule has 6 rings (SSSR count). The van der Waals surface area contributed by atoms with Gasteiger partial charge in [0.2, 0.25) is 0 Å². The van der Waals surface area contributed by atoms with Crippen molar-refractivity contribution in [2.75, 3.05) is 0 Å². The van der Waals surface area contributed by atoms with Gasteiger partial charge in [-0.2, -0.15) is 0 Å². The first-order valence-corrected chi connectivity index (χ1v) is 24.7. The van der Waals surface area contributed by atoms with Crippen LogP contribution >= 0.6 is 17.0 Å². The molecule has 0 amide bonds. The summed E-state index contributed by atoms with van der Waals surface area (Å²) in [5.74, 6) is 0.225. The average molecular weight is 741 g/mol. The van der Waals surface area contributed by atoms with E-state index >= 15 is 0 Å². The second-order valence-corrected chi connectivity index (χ2v) is 27.9. The summed E-state index contributed by atoms with van der Waals surface area (Å²) in [6.07, 6.45) is -7.31. The van der Waals surface area contributed by atoms with E-state index in [4.69, 9.17) is 17.0 Å². The van der Waals surface area contributed by atoms with E-state index < -0.39 is 50.9 Å². The van der Waals surface area contributed by atoms with Crippen molar-refractivity contribution in [3.8, 4) is 22.3 Å². The number of halogens is 8. The summed E-state index contributed by atoms with van der Waals surface area (Å²) in [6.45, 7) is 5.84. The molecule has 0 fully saturated rings. The van der Waals surface area contributed by atoms with Gasteiger partial charge in [-0.15, -0.1) is 0 Å². The summed E-state index contributed by atoms with van der Waals surface area (Å²) in [5.41, 5.74) is 2.85. The van der Waals surface area contributed by atoms with E-state index in [1.807, 2.05) is 36.4 Å². The first-order chi connectivity index (χ1) is 20.6. The van der Waals surface area contributed by atoms with E-state index in [0.29, 0.717) is 23.1 Å². The molecule has 4 aromatic carbocycles. The maximum atomic E-state index is 13.8. The van der Waals surface area contributed by atoms with Crippen molar-refractivity contribution >= 4 is 46.3 Å². The van der Waals surface area contributed by atoms with Gasteiger partial charge >= 0.3 is 268 Å². The Kier molecular flexibility index (Phi) is 8.17. The van der Waals surface area contributed by atoms with Gasteiger partial charge in [0, 0.05) is 0 Å². The Balaban J connectivity index is 1.56. The van der Waals surface area contributed by atoms with Crippen molar-refractivity contribution in [1.29, 1.82) is 0 Å². The molecule has 1 aliphatic heterocycles. The summed E-state index contributed by atoms with van der Waals surface area (Å²) in [7, 11) is 14.5. The molecule has 1 unspecified atom stereocenters. The Morgan fingerprint density at radius 2 is 1.45 bits per heavy atom. The quantitative estimate of drug-likeness (QED) is 0.125. The molecule has 44 heavy (non-hydrogen) atoms. The van der Waals surface area contributed by atoms with Crippen LogP contribution in [-0.2, 0) is 30.2 Å². The van der Waals surface area contributed by atoms with Crippen LogP contribution in [0.1, 0.15) is 51.7 Å². The molecule has 10 heteroatoms. The molecule has 0 spiro atoms. The van der Waals surface area contributed by atoms with E-state index in [1.165, 1.54) is 15.9 Å². The van der Waals surface area contributed by atoms with E-state index in [2.05, 4.69) is 32.0 Å². The van der Waals surface area contributed by atoms with Crippen LogP contribution in [0, 0.1) is 12.8 Å². The van der Waals surface area contributed by atoms with Gasteiger partial charge in [-0.25, -0.2) is 0 Å². The van der Waals surface area contributed by atoms with Crippen molar-refractivity contribution in [3.63, 3.8) is 0 Å². The predicted octanol–water partition coefficient (Wildman–Crippen LogP) is 9.07. The third-order valence-corrected chi connectivity index (χ3v) is 22.9. The zero-order chi connectivity index (χ0) is 31.8. The SMILES string of the molecule is Cc1ccc2c(c1-c1cc(C(F)(F)F)cc(C(F)(F)F)c1)C=C(CC(C)C)[CH]2[Zr]([Cl])([Cl])[c]1cccc2c1[SiH2]c1ccccc1-2. The molecular weight excluding hydrogens is 713 g/mol. The second kappa shape index (κ2) is 11.3. The third kappa shape index (κ3) is 5.59. The summed E-state index contributed by atoms with van der Waals surface area (Å²) < 4.78 is 83.7. The topological polar surface area (TPSA) is 0 Å². The van der Waals surface area contributed by atoms with Crippen molar-refractivity contribution in [1.82, 2.24) is 0 Å². The summed E-state index contributed by atoms with van der Waals surface area (Å²) >= 11 is -4.40. The fourth-order valence-corrected chi connectivity index (χ4v) is 23.6. The van der Waals surface area contributed by atoms with Gasteiger partial charge in [-0.3, -0.25) is 0 Å². The van der Waals surface area contributed by atoms with E-state index in [1.54, 1.807) is 13.0 Å². The Bertz CT molecular complexity index is 1790. The number of aryl methyl sites for hydroxylation is 1. The Morgan fingerprint density at radius 1 is 0.818 bits per heavy atom. The van der Waals surface area contributed by atoms with Gasteiger partial charge in [-0.05, 0) is 0 Å². The Hall–Kier alpha value is -2.12. The molecule has 0 aromatic heterocycles. The van der Waals surface area contributed by atoms with Crippen molar-refractivity contribution in [3.05, 3.63) is 106 Å². The number of alkyl halides is 6. The summed E-state index contributed by atoms with van der Waals surface area (Å²) in [4.78, 5) is 0. The molecule has 0 bridgehead atoms. The van der Waals surface area contributed by atoms with Gasteiger partial charge in [0.15, 0.2) is 0 Å². The van der Waals surface area contributed by atoms with Crippen LogP contribution in [-0.4, -0.2) is 9.52 Å². The fourth-order valence-electron chi connectivity index (χ4n) is 6.80. The van der Waals surface area contributed by atoms with Crippen molar-refractivity contribution < 1.29 is 44.2 Å². The number of fused-ring (bicyclic) bond motifs is 4. The average Bonchev–Trinajstić information content (AvgIpc) is 3.49. The van der Waals surface area contributed by atoms with Gasteiger partial charge in [-0.1, -0.05) is 0 Å². The molecule has 0 saturated carbocycles. The minimum atomic E-state index is -4.95. The number of rotatable bonds is 5. The monoisotopic (exact) mass is 738 g/mol. The van der Waals surface area contributed by atoms with Crippen LogP contribution in [0.4, 0.5) is 26.3 Å². The fraction of sp³-hybridized carbons (Fsp3) is 0.235. The van der Waals surface area contributed by atoms with Gasteiger partial charge in [0.25, 0.3) is 0 Å². The number of hydrogen-bond acceptors (Lipinski definition) is 0. The Labute approximate surface area is 266 Å².